The van der Waals surface area contributed by atoms with Crippen LogP contribution in [-0.4, -0.2) is 4.98 Å². The molecule has 0 aliphatic rings. The van der Waals surface area contributed by atoms with E-state index >= 15 is 0 Å². The average molecular weight is 396 g/mol. The van der Waals surface area contributed by atoms with E-state index in [1.165, 1.54) is 0 Å². The second-order valence-electron chi connectivity index (χ2n) is 4.35. The molecular weight excluding hydrogens is 385 g/mol. The standard InChI is InChI=1S/C15H11ClIN3/c16-9-3-5-14(11(17)8-9)20-13-6-4-12(18)15-10(13)2-1-7-19-15/h1-8,20H,18H2. The third-order valence-electron chi connectivity index (χ3n) is 3.00. The van der Waals surface area contributed by atoms with Crippen LogP contribution in [0.3, 0.4) is 0 Å². The van der Waals surface area contributed by atoms with Gasteiger partial charge in [-0.1, -0.05) is 11.6 Å². The van der Waals surface area contributed by atoms with Crippen LogP contribution in [0.1, 0.15) is 0 Å². The number of nitrogens with zero attached hydrogens (tertiary/aromatic N) is 1. The summed E-state index contributed by atoms with van der Waals surface area (Å²) in [5.41, 5.74) is 9.42. The molecule has 1 aromatic heterocycles. The maximum Gasteiger partial charge on any atom is 0.0951 e. The van der Waals surface area contributed by atoms with Crippen LogP contribution in [0.25, 0.3) is 10.9 Å². The SMILES string of the molecule is Nc1ccc(Nc2ccc(Cl)cc2I)c2cccnc12. The van der Waals surface area contributed by atoms with Crippen LogP contribution in [0.15, 0.2) is 48.7 Å². The van der Waals surface area contributed by atoms with Gasteiger partial charge < -0.3 is 11.1 Å². The van der Waals surface area contributed by atoms with E-state index in [9.17, 15) is 0 Å². The number of nitrogens with two attached hydrogens (primary N) is 1. The molecule has 100 valence electrons. The summed E-state index contributed by atoms with van der Waals surface area (Å²) in [5.74, 6) is 0. The van der Waals surface area contributed by atoms with E-state index in [4.69, 9.17) is 17.3 Å². The number of fused-ring (bicyclic) bond motifs is 1. The molecular formula is C15H11ClIN3. The van der Waals surface area contributed by atoms with E-state index in [1.807, 2.05) is 42.5 Å². The largest absolute Gasteiger partial charge is 0.397 e. The lowest BCUT2D eigenvalue weighted by Crippen LogP contribution is -1.96. The highest BCUT2D eigenvalue weighted by atomic mass is 127. The summed E-state index contributed by atoms with van der Waals surface area (Å²) >= 11 is 8.23. The summed E-state index contributed by atoms with van der Waals surface area (Å²) in [6.45, 7) is 0. The molecule has 0 fully saturated rings. The van der Waals surface area contributed by atoms with Gasteiger partial charge in [0.25, 0.3) is 0 Å². The van der Waals surface area contributed by atoms with Gasteiger partial charge in [-0.3, -0.25) is 4.98 Å². The van der Waals surface area contributed by atoms with E-state index in [0.717, 1.165) is 30.9 Å². The van der Waals surface area contributed by atoms with Crippen LogP contribution < -0.4 is 11.1 Å². The maximum atomic E-state index is 5.98. The molecule has 0 unspecified atom stereocenters. The van der Waals surface area contributed by atoms with Gasteiger partial charge in [0.1, 0.15) is 0 Å². The topological polar surface area (TPSA) is 50.9 Å². The molecule has 3 N–H and O–H groups in total. The molecule has 0 atom stereocenters. The van der Waals surface area contributed by atoms with Crippen molar-refractivity contribution in [3.8, 4) is 0 Å². The second kappa shape index (κ2) is 5.46. The summed E-state index contributed by atoms with van der Waals surface area (Å²) in [6, 6.07) is 13.5. The normalized spacial score (nSPS) is 10.7. The fourth-order valence-corrected chi connectivity index (χ4v) is 3.05. The van der Waals surface area contributed by atoms with Crippen molar-refractivity contribution in [1.82, 2.24) is 4.98 Å². The Balaban J connectivity index is 2.09. The molecule has 1 heterocycles. The predicted molar refractivity (Wildman–Crippen MR) is 93.6 cm³/mol. The first kappa shape index (κ1) is 13.5. The highest BCUT2D eigenvalue weighted by molar-refractivity contribution is 14.1. The Morgan fingerprint density at radius 3 is 2.70 bits per heavy atom. The molecule has 0 bridgehead atoms. The fourth-order valence-electron chi connectivity index (χ4n) is 2.04. The number of pyridine rings is 1. The zero-order chi connectivity index (χ0) is 14.1. The molecule has 0 saturated heterocycles. The van der Waals surface area contributed by atoms with Crippen molar-refractivity contribution < 1.29 is 0 Å². The monoisotopic (exact) mass is 395 g/mol. The highest BCUT2D eigenvalue weighted by Crippen LogP contribution is 2.31. The van der Waals surface area contributed by atoms with Crippen LogP contribution in [0, 0.1) is 3.57 Å². The molecule has 2 aromatic carbocycles. The molecule has 3 rings (SSSR count). The maximum absolute atomic E-state index is 5.98. The van der Waals surface area contributed by atoms with Crippen LogP contribution in [-0.2, 0) is 0 Å². The molecule has 0 radical (unpaired) electrons. The Morgan fingerprint density at radius 2 is 1.90 bits per heavy atom. The quantitative estimate of drug-likeness (QED) is 0.483. The van der Waals surface area contributed by atoms with Gasteiger partial charge in [0, 0.05) is 25.9 Å². The van der Waals surface area contributed by atoms with Crippen LogP contribution in [0.5, 0.6) is 0 Å². The number of hydrogen-bond acceptors (Lipinski definition) is 3. The molecule has 0 saturated carbocycles. The van der Waals surface area contributed by atoms with Crippen LogP contribution >= 0.6 is 34.2 Å². The summed E-state index contributed by atoms with van der Waals surface area (Å²) in [4.78, 5) is 4.33. The Kier molecular flexibility index (Phi) is 3.67. The Hall–Kier alpha value is -1.53. The number of nitrogens with one attached hydrogen (secondary N) is 1. The fraction of sp³-hybridized carbons (Fsp3) is 0. The first-order valence-corrected chi connectivity index (χ1v) is 7.46. The van der Waals surface area contributed by atoms with Crippen LogP contribution in [0.2, 0.25) is 5.02 Å². The van der Waals surface area contributed by atoms with Gasteiger partial charge in [0.2, 0.25) is 0 Å². The Labute approximate surface area is 135 Å². The molecule has 0 amide bonds. The van der Waals surface area contributed by atoms with Gasteiger partial charge >= 0.3 is 0 Å². The lowest BCUT2D eigenvalue weighted by atomic mass is 10.1. The second-order valence-corrected chi connectivity index (χ2v) is 5.95. The zero-order valence-corrected chi connectivity index (χ0v) is 13.3. The first-order chi connectivity index (χ1) is 9.65. The number of aromatic nitrogens is 1. The molecule has 0 aliphatic heterocycles. The van der Waals surface area contributed by atoms with E-state index in [1.54, 1.807) is 6.20 Å². The van der Waals surface area contributed by atoms with Gasteiger partial charge in [-0.25, -0.2) is 0 Å². The molecule has 20 heavy (non-hydrogen) atoms. The summed E-state index contributed by atoms with van der Waals surface area (Å²) in [6.07, 6.45) is 1.74. The molecule has 3 aromatic rings. The van der Waals surface area contributed by atoms with Crippen LogP contribution in [0.4, 0.5) is 17.1 Å². The molecule has 5 heteroatoms. The molecule has 3 nitrogen and oxygen atoms in total. The number of hydrogen-bond donors (Lipinski definition) is 2. The lowest BCUT2D eigenvalue weighted by Gasteiger charge is -2.12. The van der Waals surface area contributed by atoms with Gasteiger partial charge in [-0.2, -0.15) is 0 Å². The van der Waals surface area contributed by atoms with Crippen molar-refractivity contribution in [1.29, 1.82) is 0 Å². The first-order valence-electron chi connectivity index (χ1n) is 6.00. The average Bonchev–Trinajstić information content (AvgIpc) is 2.45. The zero-order valence-electron chi connectivity index (χ0n) is 10.4. The van der Waals surface area contributed by atoms with Crippen molar-refractivity contribution >= 4 is 62.2 Å². The Bertz CT molecular complexity index is 789. The van der Waals surface area contributed by atoms with Gasteiger partial charge in [0.15, 0.2) is 0 Å². The number of benzene rings is 2. The summed E-state index contributed by atoms with van der Waals surface area (Å²) in [7, 11) is 0. The van der Waals surface area contributed by atoms with Crippen molar-refractivity contribution in [2.45, 2.75) is 0 Å². The van der Waals surface area contributed by atoms with Crippen molar-refractivity contribution in [3.63, 3.8) is 0 Å². The number of anilines is 3. The van der Waals surface area contributed by atoms with Crippen molar-refractivity contribution in [2.75, 3.05) is 11.1 Å². The summed E-state index contributed by atoms with van der Waals surface area (Å²) in [5, 5.41) is 5.13. The molecule has 0 spiro atoms. The van der Waals surface area contributed by atoms with E-state index in [-0.39, 0.29) is 0 Å². The Morgan fingerprint density at radius 1 is 1.10 bits per heavy atom. The van der Waals surface area contributed by atoms with Crippen molar-refractivity contribution in [2.24, 2.45) is 0 Å². The lowest BCUT2D eigenvalue weighted by molar-refractivity contribution is 1.41. The molecule has 0 aliphatic carbocycles. The summed E-state index contributed by atoms with van der Waals surface area (Å²) < 4.78 is 1.06. The van der Waals surface area contributed by atoms with Crippen molar-refractivity contribution in [3.05, 3.63) is 57.3 Å². The van der Waals surface area contributed by atoms with E-state index < -0.39 is 0 Å². The highest BCUT2D eigenvalue weighted by Gasteiger charge is 2.07. The van der Waals surface area contributed by atoms with Gasteiger partial charge in [-0.15, -0.1) is 0 Å². The predicted octanol–water partition coefficient (Wildman–Crippen LogP) is 4.82. The number of halogens is 2. The van der Waals surface area contributed by atoms with E-state index in [2.05, 4.69) is 32.9 Å². The van der Waals surface area contributed by atoms with E-state index in [0.29, 0.717) is 5.69 Å². The van der Waals surface area contributed by atoms with Gasteiger partial charge in [-0.05, 0) is 65.1 Å². The smallest absolute Gasteiger partial charge is 0.0951 e. The third-order valence-corrected chi connectivity index (χ3v) is 4.13. The minimum atomic E-state index is 0.678. The number of nitrogen functional groups attached to an aromatic ring is 1. The minimum absolute atomic E-state index is 0.678. The third kappa shape index (κ3) is 2.53. The number of rotatable bonds is 2. The minimum Gasteiger partial charge on any atom is -0.397 e. The van der Waals surface area contributed by atoms with Gasteiger partial charge in [0.05, 0.1) is 16.9 Å².